The van der Waals surface area contributed by atoms with Gasteiger partial charge in [-0.05, 0) is 31.5 Å². The molecule has 0 amide bonds. The van der Waals surface area contributed by atoms with Crippen molar-refractivity contribution in [1.29, 1.82) is 0 Å². The van der Waals surface area contributed by atoms with Crippen molar-refractivity contribution in [1.82, 2.24) is 10.0 Å². The van der Waals surface area contributed by atoms with Gasteiger partial charge in [-0.15, -0.1) is 0 Å². The summed E-state index contributed by atoms with van der Waals surface area (Å²) in [4.78, 5) is 0. The van der Waals surface area contributed by atoms with Crippen molar-refractivity contribution in [3.63, 3.8) is 0 Å². The Hall–Kier alpha value is -0.850. The van der Waals surface area contributed by atoms with E-state index in [1.54, 1.807) is 6.07 Å². The number of hydrogen-bond donors (Lipinski definition) is 2. The Morgan fingerprint density at radius 3 is 3.07 bits per heavy atom. The molecule has 1 unspecified atom stereocenters. The Balaban J connectivity index is 1.93. The van der Waals surface area contributed by atoms with E-state index in [-0.39, 0.29) is 11.1 Å². The highest BCUT2D eigenvalue weighted by atomic mass is 32.2. The fourth-order valence-corrected chi connectivity index (χ4v) is 2.63. The van der Waals surface area contributed by atoms with E-state index < -0.39 is 10.0 Å². The maximum atomic E-state index is 11.6. The van der Waals surface area contributed by atoms with Crippen LogP contribution < -0.4 is 10.0 Å². The summed E-state index contributed by atoms with van der Waals surface area (Å²) in [5.41, 5.74) is 0. The molecule has 2 N–H and O–H groups in total. The van der Waals surface area contributed by atoms with Crippen molar-refractivity contribution < 1.29 is 12.8 Å². The second-order valence-corrected chi connectivity index (χ2v) is 5.28. The number of furan rings is 1. The minimum absolute atomic E-state index is 0.0273. The van der Waals surface area contributed by atoms with Crippen LogP contribution in [0.25, 0.3) is 0 Å². The van der Waals surface area contributed by atoms with Crippen molar-refractivity contribution in [2.24, 2.45) is 0 Å². The summed E-state index contributed by atoms with van der Waals surface area (Å²) in [5, 5.41) is 3.19. The van der Waals surface area contributed by atoms with Gasteiger partial charge in [0, 0.05) is 12.6 Å². The van der Waals surface area contributed by atoms with E-state index in [4.69, 9.17) is 4.42 Å². The topological polar surface area (TPSA) is 71.3 Å². The molecule has 0 bridgehead atoms. The van der Waals surface area contributed by atoms with Gasteiger partial charge in [-0.2, -0.15) is 0 Å². The van der Waals surface area contributed by atoms with E-state index in [0.29, 0.717) is 6.54 Å². The summed E-state index contributed by atoms with van der Waals surface area (Å²) < 4.78 is 30.6. The highest BCUT2D eigenvalue weighted by molar-refractivity contribution is 7.89. The van der Waals surface area contributed by atoms with Gasteiger partial charge in [0.1, 0.15) is 0 Å². The van der Waals surface area contributed by atoms with Crippen LogP contribution in [-0.4, -0.2) is 27.5 Å². The zero-order valence-corrected chi connectivity index (χ0v) is 9.09. The lowest BCUT2D eigenvalue weighted by atomic mass is 10.2. The zero-order chi connectivity index (χ0) is 10.7. The van der Waals surface area contributed by atoms with Gasteiger partial charge in [-0.1, -0.05) is 0 Å². The molecule has 2 rings (SSSR count). The SMILES string of the molecule is O=S(=O)(NCC1CCCN1)c1ccco1. The summed E-state index contributed by atoms with van der Waals surface area (Å²) in [6.07, 6.45) is 3.47. The van der Waals surface area contributed by atoms with E-state index in [9.17, 15) is 8.42 Å². The Morgan fingerprint density at radius 2 is 2.47 bits per heavy atom. The fraction of sp³-hybridized carbons (Fsp3) is 0.556. The number of sulfonamides is 1. The lowest BCUT2D eigenvalue weighted by Crippen LogP contribution is -2.36. The summed E-state index contributed by atoms with van der Waals surface area (Å²) >= 11 is 0. The lowest BCUT2D eigenvalue weighted by Gasteiger charge is -2.10. The van der Waals surface area contributed by atoms with Gasteiger partial charge in [0.2, 0.25) is 5.09 Å². The molecule has 15 heavy (non-hydrogen) atoms. The number of nitrogens with one attached hydrogen (secondary N) is 2. The molecule has 5 nitrogen and oxygen atoms in total. The normalized spacial score (nSPS) is 22.0. The van der Waals surface area contributed by atoms with Gasteiger partial charge < -0.3 is 9.73 Å². The molecule has 0 aliphatic carbocycles. The molecule has 0 aromatic carbocycles. The molecule has 1 aromatic rings. The largest absolute Gasteiger partial charge is 0.452 e. The quantitative estimate of drug-likeness (QED) is 0.781. The zero-order valence-electron chi connectivity index (χ0n) is 8.27. The first-order chi connectivity index (χ1) is 7.18. The Kier molecular flexibility index (Phi) is 3.08. The monoisotopic (exact) mass is 230 g/mol. The van der Waals surface area contributed by atoms with Gasteiger partial charge in [-0.25, -0.2) is 13.1 Å². The maximum absolute atomic E-state index is 11.6. The smallest absolute Gasteiger partial charge is 0.273 e. The summed E-state index contributed by atoms with van der Waals surface area (Å²) in [5.74, 6) is 0. The molecule has 1 aliphatic rings. The van der Waals surface area contributed by atoms with Crippen LogP contribution >= 0.6 is 0 Å². The fourth-order valence-electron chi connectivity index (χ4n) is 1.63. The lowest BCUT2D eigenvalue weighted by molar-refractivity contribution is 0.443. The van der Waals surface area contributed by atoms with Crippen LogP contribution in [0.5, 0.6) is 0 Å². The second-order valence-electron chi connectivity index (χ2n) is 3.58. The van der Waals surface area contributed by atoms with Crippen LogP contribution in [0.2, 0.25) is 0 Å². The van der Waals surface area contributed by atoms with Crippen LogP contribution in [-0.2, 0) is 10.0 Å². The molecule has 2 heterocycles. The average molecular weight is 230 g/mol. The molecular formula is C9H14N2O3S. The second kappa shape index (κ2) is 4.34. The summed E-state index contributed by atoms with van der Waals surface area (Å²) in [6, 6.07) is 3.24. The molecular weight excluding hydrogens is 216 g/mol. The van der Waals surface area contributed by atoms with E-state index in [1.807, 2.05) is 0 Å². The molecule has 0 saturated carbocycles. The van der Waals surface area contributed by atoms with Gasteiger partial charge >= 0.3 is 0 Å². The summed E-state index contributed by atoms with van der Waals surface area (Å²) in [7, 11) is -3.46. The predicted octanol–water partition coefficient (Wildman–Crippen LogP) is 0.310. The third-order valence-corrected chi connectivity index (χ3v) is 3.75. The predicted molar refractivity (Wildman–Crippen MR) is 54.9 cm³/mol. The van der Waals surface area contributed by atoms with Crippen LogP contribution in [0.15, 0.2) is 27.9 Å². The first-order valence-electron chi connectivity index (χ1n) is 4.95. The molecule has 0 radical (unpaired) electrons. The first-order valence-corrected chi connectivity index (χ1v) is 6.43. The minimum Gasteiger partial charge on any atom is -0.452 e. The highest BCUT2D eigenvalue weighted by Gasteiger charge is 2.20. The van der Waals surface area contributed by atoms with Gasteiger partial charge in [0.25, 0.3) is 10.0 Å². The Bertz CT molecular complexity index is 393. The van der Waals surface area contributed by atoms with E-state index in [0.717, 1.165) is 19.4 Å². The summed E-state index contributed by atoms with van der Waals surface area (Å²) in [6.45, 7) is 1.39. The van der Waals surface area contributed by atoms with Gasteiger partial charge in [-0.3, -0.25) is 0 Å². The molecule has 0 spiro atoms. The Labute approximate surface area is 88.9 Å². The third-order valence-electron chi connectivity index (χ3n) is 2.44. The molecule has 84 valence electrons. The molecule has 1 fully saturated rings. The number of hydrogen-bond acceptors (Lipinski definition) is 4. The van der Waals surface area contributed by atoms with E-state index in [2.05, 4.69) is 10.0 Å². The highest BCUT2D eigenvalue weighted by Crippen LogP contribution is 2.09. The van der Waals surface area contributed by atoms with E-state index >= 15 is 0 Å². The van der Waals surface area contributed by atoms with Crippen molar-refractivity contribution >= 4 is 10.0 Å². The number of rotatable bonds is 4. The first kappa shape index (κ1) is 10.7. The minimum atomic E-state index is -3.46. The molecule has 6 heteroatoms. The average Bonchev–Trinajstić information content (AvgIpc) is 2.88. The van der Waals surface area contributed by atoms with Gasteiger partial charge in [0.05, 0.1) is 6.26 Å². The van der Waals surface area contributed by atoms with Crippen molar-refractivity contribution in [2.45, 2.75) is 24.0 Å². The van der Waals surface area contributed by atoms with Crippen LogP contribution in [0.3, 0.4) is 0 Å². The molecule has 1 saturated heterocycles. The standard InChI is InChI=1S/C9H14N2O3S/c12-15(13,9-4-2-6-14-9)11-7-8-3-1-5-10-8/h2,4,6,8,10-11H,1,3,5,7H2. The van der Waals surface area contributed by atoms with Crippen LogP contribution in [0.4, 0.5) is 0 Å². The molecule has 1 aliphatic heterocycles. The van der Waals surface area contributed by atoms with Crippen LogP contribution in [0, 0.1) is 0 Å². The van der Waals surface area contributed by atoms with Gasteiger partial charge in [0.15, 0.2) is 0 Å². The molecule has 1 atom stereocenters. The van der Waals surface area contributed by atoms with Crippen molar-refractivity contribution in [3.8, 4) is 0 Å². The third kappa shape index (κ3) is 2.58. The van der Waals surface area contributed by atoms with Crippen molar-refractivity contribution in [2.75, 3.05) is 13.1 Å². The van der Waals surface area contributed by atoms with Crippen LogP contribution in [0.1, 0.15) is 12.8 Å². The van der Waals surface area contributed by atoms with E-state index in [1.165, 1.54) is 12.3 Å². The molecule has 1 aromatic heterocycles. The van der Waals surface area contributed by atoms with Crippen molar-refractivity contribution in [3.05, 3.63) is 18.4 Å². The maximum Gasteiger partial charge on any atom is 0.273 e. The Morgan fingerprint density at radius 1 is 1.60 bits per heavy atom.